The molecular formula is C24H24ClFN8. The second kappa shape index (κ2) is 8.00. The maximum atomic E-state index is 13.6. The Morgan fingerprint density at radius 3 is 2.68 bits per heavy atom. The maximum Gasteiger partial charge on any atom is 0.225 e. The summed E-state index contributed by atoms with van der Waals surface area (Å²) in [5, 5.41) is 19.7. The molecule has 1 aromatic carbocycles. The molecule has 2 aromatic heterocycles. The van der Waals surface area contributed by atoms with Gasteiger partial charge in [-0.1, -0.05) is 11.6 Å². The maximum absolute atomic E-state index is 13.6. The van der Waals surface area contributed by atoms with E-state index in [4.69, 9.17) is 11.6 Å². The lowest BCUT2D eigenvalue weighted by Gasteiger charge is -2.31. The third-order valence-corrected chi connectivity index (χ3v) is 7.55. The van der Waals surface area contributed by atoms with Gasteiger partial charge >= 0.3 is 0 Å². The number of aryl methyl sites for hydroxylation is 1. The van der Waals surface area contributed by atoms with Gasteiger partial charge in [0.25, 0.3) is 0 Å². The zero-order valence-electron chi connectivity index (χ0n) is 18.9. The molecule has 0 spiro atoms. The molecule has 2 aliphatic heterocycles. The average molecular weight is 479 g/mol. The first-order valence-corrected chi connectivity index (χ1v) is 12.0. The molecule has 3 aromatic rings. The number of piperidine rings is 1. The predicted octanol–water partition coefficient (Wildman–Crippen LogP) is 3.91. The normalized spacial score (nSPS) is 19.8. The van der Waals surface area contributed by atoms with Crippen LogP contribution in [0.25, 0.3) is 5.69 Å². The van der Waals surface area contributed by atoms with Crippen molar-refractivity contribution in [3.05, 3.63) is 58.1 Å². The summed E-state index contributed by atoms with van der Waals surface area (Å²) in [7, 11) is 0. The summed E-state index contributed by atoms with van der Waals surface area (Å²) in [5.74, 6) is 2.21. The van der Waals surface area contributed by atoms with Crippen LogP contribution in [0.15, 0.2) is 24.4 Å². The van der Waals surface area contributed by atoms with Crippen molar-refractivity contribution >= 4 is 17.5 Å². The van der Waals surface area contributed by atoms with Gasteiger partial charge in [0.15, 0.2) is 11.6 Å². The van der Waals surface area contributed by atoms with E-state index in [0.29, 0.717) is 29.8 Å². The van der Waals surface area contributed by atoms with Gasteiger partial charge in [-0.2, -0.15) is 5.26 Å². The van der Waals surface area contributed by atoms with Crippen LogP contribution in [0.1, 0.15) is 54.5 Å². The number of hydrogen-bond donors (Lipinski definition) is 0. The summed E-state index contributed by atoms with van der Waals surface area (Å²) in [4.78, 5) is 12.8. The molecule has 4 heterocycles. The van der Waals surface area contributed by atoms with Gasteiger partial charge in [0.1, 0.15) is 11.4 Å². The molecule has 6 rings (SSSR count). The number of anilines is 1. The molecule has 0 bridgehead atoms. The van der Waals surface area contributed by atoms with Crippen molar-refractivity contribution in [3.8, 4) is 11.8 Å². The molecule has 1 aliphatic carbocycles. The van der Waals surface area contributed by atoms with Gasteiger partial charge < -0.3 is 4.90 Å². The standard InChI is InChI=1S/C24H24ClFN8/c1-15-19(26)11-28-23(29-15)32-8-4-16(5-9-32)22-31-30-21-13-33(24(14-27)6-7-24)12-17-10-18(25)2-3-20(17)34(21)22/h2-3,10-11,16H,4-9,12-13H2,1H3. The number of nitriles is 1. The van der Waals surface area contributed by atoms with E-state index < -0.39 is 5.54 Å². The highest BCUT2D eigenvalue weighted by molar-refractivity contribution is 6.30. The Morgan fingerprint density at radius 2 is 1.97 bits per heavy atom. The summed E-state index contributed by atoms with van der Waals surface area (Å²) in [6.45, 7) is 4.41. The first-order valence-electron chi connectivity index (χ1n) is 11.6. The largest absolute Gasteiger partial charge is 0.341 e. The number of benzene rings is 1. The molecule has 3 aliphatic rings. The van der Waals surface area contributed by atoms with E-state index in [0.717, 1.165) is 61.7 Å². The summed E-state index contributed by atoms with van der Waals surface area (Å²) in [5.41, 5.74) is 2.07. The summed E-state index contributed by atoms with van der Waals surface area (Å²) in [6.07, 6.45) is 4.73. The Kier molecular flexibility index (Phi) is 5.04. The van der Waals surface area contributed by atoms with Gasteiger partial charge in [-0.05, 0) is 56.4 Å². The van der Waals surface area contributed by atoms with E-state index in [9.17, 15) is 9.65 Å². The minimum atomic E-state index is -0.417. The van der Waals surface area contributed by atoms with Crippen molar-refractivity contribution in [1.82, 2.24) is 29.6 Å². The van der Waals surface area contributed by atoms with Gasteiger partial charge in [-0.3, -0.25) is 9.47 Å². The molecule has 10 heteroatoms. The number of halogens is 2. The summed E-state index contributed by atoms with van der Waals surface area (Å²) >= 11 is 6.36. The first kappa shape index (κ1) is 21.4. The molecule has 8 nitrogen and oxygen atoms in total. The van der Waals surface area contributed by atoms with Gasteiger partial charge in [0, 0.05) is 30.6 Å². The van der Waals surface area contributed by atoms with Crippen molar-refractivity contribution in [2.24, 2.45) is 0 Å². The van der Waals surface area contributed by atoms with Crippen molar-refractivity contribution in [3.63, 3.8) is 0 Å². The quantitative estimate of drug-likeness (QED) is 0.564. The molecule has 2 fully saturated rings. The minimum Gasteiger partial charge on any atom is -0.341 e. The fourth-order valence-corrected chi connectivity index (χ4v) is 5.34. The van der Waals surface area contributed by atoms with E-state index in [-0.39, 0.29) is 11.7 Å². The molecule has 1 saturated carbocycles. The lowest BCUT2D eigenvalue weighted by Crippen LogP contribution is -2.35. The molecule has 1 saturated heterocycles. The van der Waals surface area contributed by atoms with Crippen LogP contribution in [0.5, 0.6) is 0 Å². The number of rotatable bonds is 3. The smallest absolute Gasteiger partial charge is 0.225 e. The molecule has 174 valence electrons. The highest BCUT2D eigenvalue weighted by Gasteiger charge is 2.50. The molecule has 0 unspecified atom stereocenters. The van der Waals surface area contributed by atoms with Crippen LogP contribution in [0.3, 0.4) is 0 Å². The van der Waals surface area contributed by atoms with Crippen LogP contribution in [0, 0.1) is 24.1 Å². The summed E-state index contributed by atoms with van der Waals surface area (Å²) in [6, 6.07) is 8.45. The monoisotopic (exact) mass is 478 g/mol. The fraction of sp³-hybridized carbons (Fsp3) is 0.458. The number of hydrogen-bond acceptors (Lipinski definition) is 7. The zero-order valence-corrected chi connectivity index (χ0v) is 19.6. The van der Waals surface area contributed by atoms with Crippen molar-refractivity contribution in [1.29, 1.82) is 5.26 Å². The van der Waals surface area contributed by atoms with Crippen molar-refractivity contribution in [2.45, 2.75) is 57.2 Å². The molecule has 0 atom stereocenters. The third-order valence-electron chi connectivity index (χ3n) is 7.32. The highest BCUT2D eigenvalue weighted by atomic mass is 35.5. The van der Waals surface area contributed by atoms with E-state index >= 15 is 0 Å². The van der Waals surface area contributed by atoms with Gasteiger partial charge in [-0.25, -0.2) is 14.4 Å². The molecular weight excluding hydrogens is 455 g/mol. The third kappa shape index (κ3) is 3.53. The lowest BCUT2D eigenvalue weighted by atomic mass is 9.95. The predicted molar refractivity (Wildman–Crippen MR) is 124 cm³/mol. The van der Waals surface area contributed by atoms with Crippen molar-refractivity contribution in [2.75, 3.05) is 18.0 Å². The van der Waals surface area contributed by atoms with Crippen LogP contribution >= 0.6 is 11.6 Å². The molecule has 34 heavy (non-hydrogen) atoms. The van der Waals surface area contributed by atoms with Crippen LogP contribution < -0.4 is 4.90 Å². The summed E-state index contributed by atoms with van der Waals surface area (Å²) < 4.78 is 15.8. The van der Waals surface area contributed by atoms with Crippen LogP contribution in [-0.4, -0.2) is 48.3 Å². The second-order valence-electron chi connectivity index (χ2n) is 9.45. The molecule has 0 radical (unpaired) electrons. The van der Waals surface area contributed by atoms with Crippen LogP contribution in [0.4, 0.5) is 10.3 Å². The Balaban J connectivity index is 1.31. The van der Waals surface area contributed by atoms with E-state index in [1.807, 2.05) is 18.2 Å². The number of fused-ring (bicyclic) bond motifs is 3. The van der Waals surface area contributed by atoms with Crippen LogP contribution in [0.2, 0.25) is 5.02 Å². The van der Waals surface area contributed by atoms with Gasteiger partial charge in [0.05, 0.1) is 30.2 Å². The lowest BCUT2D eigenvalue weighted by molar-refractivity contribution is 0.197. The topological polar surface area (TPSA) is 86.8 Å². The van der Waals surface area contributed by atoms with Gasteiger partial charge in [0.2, 0.25) is 5.95 Å². The van der Waals surface area contributed by atoms with Crippen molar-refractivity contribution < 1.29 is 4.39 Å². The first-order chi connectivity index (χ1) is 16.5. The van der Waals surface area contributed by atoms with Crippen LogP contribution in [-0.2, 0) is 13.1 Å². The van der Waals surface area contributed by atoms with Gasteiger partial charge in [-0.15, -0.1) is 10.2 Å². The van der Waals surface area contributed by atoms with E-state index in [2.05, 4.69) is 40.6 Å². The Morgan fingerprint density at radius 1 is 1.18 bits per heavy atom. The molecule has 0 amide bonds. The molecule has 0 N–H and O–H groups in total. The fourth-order valence-electron chi connectivity index (χ4n) is 5.14. The Hall–Kier alpha value is -3.09. The SMILES string of the molecule is Cc1nc(N2CCC(c3nnc4n3-c3ccc(Cl)cc3CN(C3(C#N)CC3)C4)CC2)ncc1F. The minimum absolute atomic E-state index is 0.222. The van der Waals surface area contributed by atoms with E-state index in [1.54, 1.807) is 6.92 Å². The zero-order chi connectivity index (χ0) is 23.4. The Bertz CT molecular complexity index is 1300. The second-order valence-corrected chi connectivity index (χ2v) is 9.88. The average Bonchev–Trinajstić information content (AvgIpc) is 3.57. The number of aromatic nitrogens is 5. The number of nitrogens with zero attached hydrogens (tertiary/aromatic N) is 8. The Labute approximate surface area is 202 Å². The highest BCUT2D eigenvalue weighted by Crippen LogP contribution is 2.44. The van der Waals surface area contributed by atoms with E-state index in [1.165, 1.54) is 6.20 Å².